The van der Waals surface area contributed by atoms with Crippen LogP contribution in [0.25, 0.3) is 0 Å². The average molecular weight is 276 g/mol. The molecule has 2 aromatic rings. The molecule has 20 heavy (non-hydrogen) atoms. The molecular formula is C16H21FN2O. The number of nitrogens with one attached hydrogen (secondary N) is 1. The molecule has 1 N–H and O–H groups in total. The lowest BCUT2D eigenvalue weighted by atomic mass is 10.2. The predicted molar refractivity (Wildman–Crippen MR) is 79.2 cm³/mol. The van der Waals surface area contributed by atoms with Gasteiger partial charge < -0.3 is 14.6 Å². The summed E-state index contributed by atoms with van der Waals surface area (Å²) >= 11 is 0. The smallest absolute Gasteiger partial charge is 0.127 e. The second-order valence-electron chi connectivity index (χ2n) is 4.88. The molecule has 0 unspecified atom stereocenters. The fourth-order valence-electron chi connectivity index (χ4n) is 2.07. The third-order valence-electron chi connectivity index (χ3n) is 3.23. The van der Waals surface area contributed by atoms with Crippen molar-refractivity contribution in [3.8, 4) is 0 Å². The van der Waals surface area contributed by atoms with E-state index in [9.17, 15) is 4.39 Å². The quantitative estimate of drug-likeness (QED) is 0.784. The zero-order valence-electron chi connectivity index (χ0n) is 12.0. The molecule has 4 heteroatoms. The first-order valence-electron chi connectivity index (χ1n) is 6.93. The van der Waals surface area contributed by atoms with Crippen molar-refractivity contribution in [1.29, 1.82) is 0 Å². The Bertz CT molecular complexity index is 522. The van der Waals surface area contributed by atoms with E-state index < -0.39 is 0 Å². The van der Waals surface area contributed by atoms with Gasteiger partial charge in [0.25, 0.3) is 0 Å². The molecule has 0 aliphatic heterocycles. The highest BCUT2D eigenvalue weighted by Crippen LogP contribution is 2.18. The van der Waals surface area contributed by atoms with Crippen LogP contribution in [0.15, 0.2) is 41.0 Å². The lowest BCUT2D eigenvalue weighted by Crippen LogP contribution is -2.19. The standard InChI is InChI=1S/C16H21FN2O/c1-3-9-18-11-13-8-10-20-16(13)12-19(2)15-6-4-14(17)5-7-15/h4-8,10,18H,3,9,11-12H2,1-2H3. The molecule has 2 rings (SSSR count). The van der Waals surface area contributed by atoms with Crippen LogP contribution >= 0.6 is 0 Å². The Kier molecular flexibility index (Phi) is 5.18. The Balaban J connectivity index is 1.98. The summed E-state index contributed by atoms with van der Waals surface area (Å²) < 4.78 is 18.5. The monoisotopic (exact) mass is 276 g/mol. The second kappa shape index (κ2) is 7.10. The molecule has 1 aromatic heterocycles. The van der Waals surface area contributed by atoms with Gasteiger partial charge in [-0.2, -0.15) is 0 Å². The van der Waals surface area contributed by atoms with Crippen LogP contribution in [-0.2, 0) is 13.1 Å². The number of halogens is 1. The fraction of sp³-hybridized carbons (Fsp3) is 0.375. The van der Waals surface area contributed by atoms with Crippen LogP contribution in [0.5, 0.6) is 0 Å². The Morgan fingerprint density at radius 2 is 1.95 bits per heavy atom. The molecule has 0 atom stereocenters. The molecule has 0 spiro atoms. The van der Waals surface area contributed by atoms with Gasteiger partial charge in [-0.1, -0.05) is 6.92 Å². The van der Waals surface area contributed by atoms with E-state index in [1.54, 1.807) is 18.4 Å². The van der Waals surface area contributed by atoms with Gasteiger partial charge in [0.05, 0.1) is 12.8 Å². The maximum atomic E-state index is 12.9. The molecule has 0 aliphatic carbocycles. The highest BCUT2D eigenvalue weighted by Gasteiger charge is 2.09. The van der Waals surface area contributed by atoms with Gasteiger partial charge in [0.15, 0.2) is 0 Å². The molecule has 0 saturated carbocycles. The van der Waals surface area contributed by atoms with Crippen molar-refractivity contribution in [3.05, 3.63) is 53.7 Å². The maximum Gasteiger partial charge on any atom is 0.127 e. The summed E-state index contributed by atoms with van der Waals surface area (Å²) in [5.74, 6) is 0.727. The van der Waals surface area contributed by atoms with Crippen LogP contribution in [0.4, 0.5) is 10.1 Å². The highest BCUT2D eigenvalue weighted by molar-refractivity contribution is 5.45. The summed E-state index contributed by atoms with van der Waals surface area (Å²) in [6, 6.07) is 8.48. The van der Waals surface area contributed by atoms with Gasteiger partial charge in [-0.05, 0) is 43.3 Å². The molecule has 0 fully saturated rings. The summed E-state index contributed by atoms with van der Waals surface area (Å²) in [6.45, 7) is 4.63. The van der Waals surface area contributed by atoms with E-state index in [0.717, 1.165) is 31.0 Å². The minimum absolute atomic E-state index is 0.218. The molecule has 3 nitrogen and oxygen atoms in total. The van der Waals surface area contributed by atoms with E-state index in [2.05, 4.69) is 12.2 Å². The van der Waals surface area contributed by atoms with Crippen molar-refractivity contribution in [2.75, 3.05) is 18.5 Å². The summed E-state index contributed by atoms with van der Waals surface area (Å²) in [7, 11) is 1.97. The number of anilines is 1. The van der Waals surface area contributed by atoms with Gasteiger partial charge in [-0.15, -0.1) is 0 Å². The number of furan rings is 1. The molecule has 0 aliphatic rings. The van der Waals surface area contributed by atoms with Gasteiger partial charge >= 0.3 is 0 Å². The minimum atomic E-state index is -0.218. The summed E-state index contributed by atoms with van der Waals surface area (Å²) in [5.41, 5.74) is 2.14. The van der Waals surface area contributed by atoms with Crippen LogP contribution < -0.4 is 10.2 Å². The lowest BCUT2D eigenvalue weighted by molar-refractivity contribution is 0.499. The third kappa shape index (κ3) is 3.84. The van der Waals surface area contributed by atoms with Gasteiger partial charge in [0, 0.05) is 24.8 Å². The first kappa shape index (κ1) is 14.6. The molecule has 0 amide bonds. The largest absolute Gasteiger partial charge is 0.467 e. The SMILES string of the molecule is CCCNCc1ccoc1CN(C)c1ccc(F)cc1. The minimum Gasteiger partial charge on any atom is -0.467 e. The van der Waals surface area contributed by atoms with E-state index in [-0.39, 0.29) is 5.82 Å². The zero-order chi connectivity index (χ0) is 14.4. The van der Waals surface area contributed by atoms with Crippen LogP contribution in [0.3, 0.4) is 0 Å². The molecule has 0 bridgehead atoms. The van der Waals surface area contributed by atoms with Crippen LogP contribution in [0.2, 0.25) is 0 Å². The summed E-state index contributed by atoms with van der Waals surface area (Å²) in [6.07, 6.45) is 2.83. The van der Waals surface area contributed by atoms with Crippen LogP contribution in [0, 0.1) is 5.82 Å². The van der Waals surface area contributed by atoms with Gasteiger partial charge in [0.2, 0.25) is 0 Å². The Morgan fingerprint density at radius 3 is 2.65 bits per heavy atom. The van der Waals surface area contributed by atoms with Crippen molar-refractivity contribution in [1.82, 2.24) is 5.32 Å². The first-order chi connectivity index (χ1) is 9.70. The van der Waals surface area contributed by atoms with Gasteiger partial charge in [-0.3, -0.25) is 0 Å². The number of hydrogen-bond acceptors (Lipinski definition) is 3. The van der Waals surface area contributed by atoms with Gasteiger partial charge in [-0.25, -0.2) is 4.39 Å². The van der Waals surface area contributed by atoms with Crippen molar-refractivity contribution in [2.24, 2.45) is 0 Å². The Hall–Kier alpha value is -1.81. The maximum absolute atomic E-state index is 12.9. The van der Waals surface area contributed by atoms with Crippen molar-refractivity contribution < 1.29 is 8.81 Å². The van der Waals surface area contributed by atoms with Crippen molar-refractivity contribution >= 4 is 5.69 Å². The predicted octanol–water partition coefficient (Wildman–Crippen LogP) is 3.55. The molecule has 0 radical (unpaired) electrons. The number of rotatable bonds is 7. The molecular weight excluding hydrogens is 255 g/mol. The first-order valence-corrected chi connectivity index (χ1v) is 6.93. The number of nitrogens with zero attached hydrogens (tertiary/aromatic N) is 1. The normalized spacial score (nSPS) is 10.8. The van der Waals surface area contributed by atoms with E-state index in [1.807, 2.05) is 18.0 Å². The molecule has 1 heterocycles. The lowest BCUT2D eigenvalue weighted by Gasteiger charge is -2.18. The van der Waals surface area contributed by atoms with E-state index in [0.29, 0.717) is 6.54 Å². The molecule has 1 aromatic carbocycles. The van der Waals surface area contributed by atoms with Gasteiger partial charge in [0.1, 0.15) is 11.6 Å². The molecule has 108 valence electrons. The van der Waals surface area contributed by atoms with E-state index in [4.69, 9.17) is 4.42 Å². The third-order valence-corrected chi connectivity index (χ3v) is 3.23. The zero-order valence-corrected chi connectivity index (χ0v) is 12.0. The van der Waals surface area contributed by atoms with Crippen LogP contribution in [0.1, 0.15) is 24.7 Å². The highest BCUT2D eigenvalue weighted by atomic mass is 19.1. The second-order valence-corrected chi connectivity index (χ2v) is 4.88. The molecule has 0 saturated heterocycles. The van der Waals surface area contributed by atoms with Crippen molar-refractivity contribution in [2.45, 2.75) is 26.4 Å². The van der Waals surface area contributed by atoms with E-state index in [1.165, 1.54) is 17.7 Å². The van der Waals surface area contributed by atoms with E-state index >= 15 is 0 Å². The Morgan fingerprint density at radius 1 is 1.20 bits per heavy atom. The number of hydrogen-bond donors (Lipinski definition) is 1. The number of benzene rings is 1. The summed E-state index contributed by atoms with van der Waals surface area (Å²) in [5, 5.41) is 3.37. The van der Waals surface area contributed by atoms with Crippen LogP contribution in [-0.4, -0.2) is 13.6 Å². The topological polar surface area (TPSA) is 28.4 Å². The Labute approximate surface area is 119 Å². The summed E-state index contributed by atoms with van der Waals surface area (Å²) in [4.78, 5) is 2.04. The van der Waals surface area contributed by atoms with Crippen molar-refractivity contribution in [3.63, 3.8) is 0 Å². The average Bonchev–Trinajstić information content (AvgIpc) is 2.87. The fourth-order valence-corrected chi connectivity index (χ4v) is 2.07.